The maximum atomic E-state index is 11.2. The number of hydrogen-bond acceptors (Lipinski definition) is 5. The molecule has 0 radical (unpaired) electrons. The van der Waals surface area contributed by atoms with Crippen molar-refractivity contribution in [2.24, 2.45) is 22.2 Å². The zero-order valence-electron chi connectivity index (χ0n) is 21.1. The molecular weight excluding hydrogens is 434 g/mol. The molecule has 5 nitrogen and oxygen atoms in total. The standard InChI is InChI=1S/C30H37N3O2/c1-28-9-8-20-13-22-26(34)27(35)24(33(2)3)14-29(22)10-11-30(20,16-29)25(28)7-5-21(28)18-4-6-23-19(12-18)15-31-17-32-23/h4,6,8,12-13,15,17,21,24-27,34-35H,5,7,9-11,14,16H2,1-3H3/t21-,24+,25-,26-,27-,28-,29+,30-/m1/s1. The van der Waals surface area contributed by atoms with Crippen LogP contribution in [0.2, 0.25) is 0 Å². The lowest BCUT2D eigenvalue weighted by Crippen LogP contribution is -2.57. The van der Waals surface area contributed by atoms with Crippen LogP contribution in [-0.4, -0.2) is 57.4 Å². The van der Waals surface area contributed by atoms with Gasteiger partial charge in [-0.2, -0.15) is 0 Å². The summed E-state index contributed by atoms with van der Waals surface area (Å²) < 4.78 is 0. The number of rotatable bonds is 2. The largest absolute Gasteiger partial charge is 0.388 e. The summed E-state index contributed by atoms with van der Waals surface area (Å²) in [4.78, 5) is 10.8. The van der Waals surface area contributed by atoms with E-state index in [1.807, 2.05) is 20.3 Å². The summed E-state index contributed by atoms with van der Waals surface area (Å²) in [5.74, 6) is 1.20. The zero-order valence-corrected chi connectivity index (χ0v) is 21.1. The summed E-state index contributed by atoms with van der Waals surface area (Å²) in [6.07, 6.45) is 15.0. The Morgan fingerprint density at radius 3 is 2.80 bits per heavy atom. The maximum Gasteiger partial charge on any atom is 0.116 e. The summed E-state index contributed by atoms with van der Waals surface area (Å²) >= 11 is 0. The van der Waals surface area contributed by atoms with Crippen LogP contribution in [0.15, 0.2) is 54.0 Å². The number of nitrogens with zero attached hydrogens (tertiary/aromatic N) is 3. The second kappa shape index (κ2) is 7.24. The molecule has 5 aliphatic carbocycles. The molecule has 35 heavy (non-hydrogen) atoms. The van der Waals surface area contributed by atoms with Crippen molar-refractivity contribution in [3.05, 3.63) is 59.6 Å². The lowest BCUT2D eigenvalue weighted by atomic mass is 9.49. The summed E-state index contributed by atoms with van der Waals surface area (Å²) in [5, 5.41) is 23.3. The fourth-order valence-electron chi connectivity index (χ4n) is 9.58. The third kappa shape index (κ3) is 2.81. The van der Waals surface area contributed by atoms with Gasteiger partial charge in [0.15, 0.2) is 0 Å². The average molecular weight is 472 g/mol. The zero-order chi connectivity index (χ0) is 24.2. The van der Waals surface area contributed by atoms with E-state index in [1.165, 1.54) is 30.4 Å². The normalized spacial score (nSPS) is 44.0. The molecule has 0 saturated heterocycles. The minimum Gasteiger partial charge on any atom is -0.388 e. The first kappa shape index (κ1) is 22.1. The Balaban J connectivity index is 1.29. The van der Waals surface area contributed by atoms with Crippen LogP contribution in [0.5, 0.6) is 0 Å². The topological polar surface area (TPSA) is 69.5 Å². The van der Waals surface area contributed by atoms with Crippen molar-refractivity contribution >= 4 is 10.9 Å². The number of fused-ring (bicyclic) bond motifs is 2. The van der Waals surface area contributed by atoms with Gasteiger partial charge in [-0.25, -0.2) is 9.97 Å². The highest BCUT2D eigenvalue weighted by Gasteiger charge is 2.66. The van der Waals surface area contributed by atoms with E-state index >= 15 is 0 Å². The minimum absolute atomic E-state index is 0.00829. The summed E-state index contributed by atoms with van der Waals surface area (Å²) in [7, 11) is 4.08. The number of likely N-dealkylation sites (N-methyl/N-ethyl adjacent to an activating group) is 1. The summed E-state index contributed by atoms with van der Waals surface area (Å²) in [6.45, 7) is 2.55. The molecule has 1 aromatic heterocycles. The summed E-state index contributed by atoms with van der Waals surface area (Å²) in [5.41, 5.74) is 5.52. The molecule has 3 saturated carbocycles. The minimum atomic E-state index is -0.752. The fraction of sp³-hybridized carbons (Fsp3) is 0.600. The molecule has 0 amide bonds. The molecule has 3 fully saturated rings. The molecule has 184 valence electrons. The van der Waals surface area contributed by atoms with E-state index in [2.05, 4.69) is 52.1 Å². The molecule has 2 spiro atoms. The Kier molecular flexibility index (Phi) is 4.58. The quantitative estimate of drug-likeness (QED) is 0.669. The predicted octanol–water partition coefficient (Wildman–Crippen LogP) is 4.61. The fourth-order valence-corrected chi connectivity index (χ4v) is 9.58. The number of aromatic nitrogens is 2. The van der Waals surface area contributed by atoms with E-state index in [0.29, 0.717) is 11.8 Å². The van der Waals surface area contributed by atoms with Gasteiger partial charge in [0.2, 0.25) is 0 Å². The van der Waals surface area contributed by atoms with Crippen molar-refractivity contribution in [2.75, 3.05) is 14.1 Å². The van der Waals surface area contributed by atoms with Crippen LogP contribution in [0.1, 0.15) is 63.4 Å². The first-order valence-corrected chi connectivity index (χ1v) is 13.4. The Bertz CT molecular complexity index is 1270. The van der Waals surface area contributed by atoms with Crippen LogP contribution in [-0.2, 0) is 0 Å². The molecule has 1 heterocycles. The van der Waals surface area contributed by atoms with Gasteiger partial charge in [-0.15, -0.1) is 0 Å². The predicted molar refractivity (Wildman–Crippen MR) is 137 cm³/mol. The first-order chi connectivity index (χ1) is 16.8. The number of aliphatic hydroxyl groups excluding tert-OH is 2. The van der Waals surface area contributed by atoms with E-state index in [4.69, 9.17) is 0 Å². The molecule has 5 aliphatic rings. The average Bonchev–Trinajstić information content (AvgIpc) is 3.37. The molecule has 2 bridgehead atoms. The van der Waals surface area contributed by atoms with Gasteiger partial charge < -0.3 is 15.1 Å². The number of allylic oxidation sites excluding steroid dienone is 3. The smallest absolute Gasteiger partial charge is 0.116 e. The van der Waals surface area contributed by atoms with Crippen LogP contribution in [0.25, 0.3) is 10.9 Å². The molecule has 0 aliphatic heterocycles. The highest BCUT2D eigenvalue weighted by molar-refractivity contribution is 5.78. The second-order valence-electron chi connectivity index (χ2n) is 12.8. The van der Waals surface area contributed by atoms with Gasteiger partial charge >= 0.3 is 0 Å². The van der Waals surface area contributed by atoms with E-state index in [-0.39, 0.29) is 22.3 Å². The Labute approximate surface area is 208 Å². The maximum absolute atomic E-state index is 11.2. The number of benzene rings is 1. The molecule has 5 heteroatoms. The van der Waals surface area contributed by atoms with Gasteiger partial charge in [-0.3, -0.25) is 0 Å². The van der Waals surface area contributed by atoms with Crippen molar-refractivity contribution in [1.29, 1.82) is 0 Å². The van der Waals surface area contributed by atoms with Crippen molar-refractivity contribution in [1.82, 2.24) is 14.9 Å². The van der Waals surface area contributed by atoms with Crippen molar-refractivity contribution in [3.8, 4) is 0 Å². The number of hydrogen-bond donors (Lipinski definition) is 2. The van der Waals surface area contributed by atoms with Crippen molar-refractivity contribution < 1.29 is 10.2 Å². The van der Waals surface area contributed by atoms with Crippen molar-refractivity contribution in [2.45, 2.75) is 76.0 Å². The van der Waals surface area contributed by atoms with Gasteiger partial charge in [0, 0.05) is 17.6 Å². The lowest BCUT2D eigenvalue weighted by Gasteiger charge is -2.56. The first-order valence-electron chi connectivity index (χ1n) is 13.4. The van der Waals surface area contributed by atoms with E-state index in [0.717, 1.165) is 42.2 Å². The lowest BCUT2D eigenvalue weighted by molar-refractivity contribution is -0.0639. The number of aliphatic hydroxyl groups is 2. The molecule has 0 unspecified atom stereocenters. The van der Waals surface area contributed by atoms with Gasteiger partial charge in [-0.05, 0) is 116 Å². The molecule has 2 aromatic rings. The highest BCUT2D eigenvalue weighted by atomic mass is 16.3. The SMILES string of the molecule is CN(C)[C@H]1C[C@@]23CC[C@@]4(C2)C(=CC[C@]2(C)[C@@H](c5ccc6ncncc6c5)CC[C@@H]42)C=C3[C@@H](O)[C@@H]1O. The Morgan fingerprint density at radius 1 is 1.11 bits per heavy atom. The van der Waals surface area contributed by atoms with Gasteiger partial charge in [0.1, 0.15) is 12.4 Å². The van der Waals surface area contributed by atoms with Gasteiger partial charge in [-0.1, -0.05) is 25.1 Å². The molecule has 2 N–H and O–H groups in total. The van der Waals surface area contributed by atoms with E-state index in [1.54, 1.807) is 6.33 Å². The molecule has 1 aromatic carbocycles. The Hall–Kier alpha value is -2.08. The molecular formula is C30H37N3O2. The third-order valence-electron chi connectivity index (χ3n) is 11.2. The van der Waals surface area contributed by atoms with Crippen molar-refractivity contribution in [3.63, 3.8) is 0 Å². The molecule has 7 rings (SSSR count). The van der Waals surface area contributed by atoms with Crippen LogP contribution >= 0.6 is 0 Å². The van der Waals surface area contributed by atoms with E-state index < -0.39 is 12.2 Å². The highest BCUT2D eigenvalue weighted by Crippen LogP contribution is 2.75. The summed E-state index contributed by atoms with van der Waals surface area (Å²) in [6, 6.07) is 6.82. The van der Waals surface area contributed by atoms with Crippen LogP contribution in [0.4, 0.5) is 0 Å². The van der Waals surface area contributed by atoms with Gasteiger partial charge in [0.05, 0.1) is 11.6 Å². The van der Waals surface area contributed by atoms with E-state index in [9.17, 15) is 10.2 Å². The van der Waals surface area contributed by atoms with Crippen LogP contribution < -0.4 is 0 Å². The molecule has 8 atom stereocenters. The monoisotopic (exact) mass is 471 g/mol. The third-order valence-corrected chi connectivity index (χ3v) is 11.2. The van der Waals surface area contributed by atoms with Crippen LogP contribution in [0.3, 0.4) is 0 Å². The Morgan fingerprint density at radius 2 is 1.97 bits per heavy atom. The van der Waals surface area contributed by atoms with Gasteiger partial charge in [0.25, 0.3) is 0 Å². The van der Waals surface area contributed by atoms with Crippen LogP contribution in [0, 0.1) is 22.2 Å². The second-order valence-corrected chi connectivity index (χ2v) is 12.8.